The quantitative estimate of drug-likeness (QED) is 0.185. The number of fused-ring (bicyclic) bond motifs is 11. The van der Waals surface area contributed by atoms with Gasteiger partial charge in [0.1, 0.15) is 0 Å². The predicted octanol–water partition coefficient (Wildman–Crippen LogP) is 13.0. The number of thiophene rings is 1. The van der Waals surface area contributed by atoms with Crippen LogP contribution in [-0.4, -0.2) is 19.1 Å². The fourth-order valence-corrected chi connectivity index (χ4v) is 9.79. The average Bonchev–Trinajstić information content (AvgIpc) is 3.87. The molecule has 0 fully saturated rings. The molecule has 0 bridgehead atoms. The summed E-state index contributed by atoms with van der Waals surface area (Å²) in [7, 11) is 0. The van der Waals surface area contributed by atoms with Crippen molar-refractivity contribution >= 4 is 96.8 Å². The van der Waals surface area contributed by atoms with E-state index < -0.39 is 0 Å². The van der Waals surface area contributed by atoms with Crippen LogP contribution in [0.25, 0.3) is 108 Å². The molecule has 0 aliphatic rings. The molecule has 0 aliphatic heterocycles. The smallest absolute Gasteiger partial charge is 0.235 e. The number of hydrogen-bond donors (Lipinski definition) is 0. The molecule has 12 rings (SSSR count). The van der Waals surface area contributed by atoms with Crippen molar-refractivity contribution in [2.24, 2.45) is 0 Å². The van der Waals surface area contributed by atoms with Crippen molar-refractivity contribution in [3.8, 4) is 22.9 Å². The number of para-hydroxylation sites is 4. The van der Waals surface area contributed by atoms with Crippen LogP contribution in [0, 0.1) is 0 Å². The van der Waals surface area contributed by atoms with Gasteiger partial charge in [0.25, 0.3) is 0 Å². The Morgan fingerprint density at radius 1 is 0.396 bits per heavy atom. The van der Waals surface area contributed by atoms with Crippen molar-refractivity contribution in [3.05, 3.63) is 170 Å². The van der Waals surface area contributed by atoms with Crippen molar-refractivity contribution in [2.75, 3.05) is 0 Å². The van der Waals surface area contributed by atoms with Crippen molar-refractivity contribution in [3.63, 3.8) is 0 Å². The van der Waals surface area contributed by atoms with Gasteiger partial charge in [-0.15, -0.1) is 11.3 Å². The van der Waals surface area contributed by atoms with Gasteiger partial charge in [-0.25, -0.2) is 9.97 Å². The zero-order chi connectivity index (χ0) is 34.6. The largest absolute Gasteiger partial charge is 0.309 e. The maximum atomic E-state index is 5.54. The first-order valence-corrected chi connectivity index (χ1v) is 18.7. The van der Waals surface area contributed by atoms with E-state index in [-0.39, 0.29) is 0 Å². The van der Waals surface area contributed by atoms with E-state index in [4.69, 9.17) is 9.97 Å². The van der Waals surface area contributed by atoms with E-state index in [1.165, 1.54) is 63.5 Å². The minimum atomic E-state index is 0.662. The molecule has 0 saturated heterocycles. The lowest BCUT2D eigenvalue weighted by atomic mass is 10.0. The molecule has 5 heteroatoms. The first-order chi connectivity index (χ1) is 26.3. The third kappa shape index (κ3) is 4.05. The second-order valence-electron chi connectivity index (χ2n) is 13.8. The second-order valence-corrected chi connectivity index (χ2v) is 14.8. The molecule has 0 saturated carbocycles. The SMILES string of the molecule is c1cc(-n2c3ccccc3c3ccccc32)c2cc3c(cc2c1)c1ccccc1n3-c1nc(-c2cccc3sc4ccccc4c23)c2ccccc2n1. The summed E-state index contributed by atoms with van der Waals surface area (Å²) in [4.78, 5) is 10.9. The van der Waals surface area contributed by atoms with E-state index in [2.05, 4.69) is 179 Å². The van der Waals surface area contributed by atoms with Crippen LogP contribution < -0.4 is 0 Å². The fourth-order valence-electron chi connectivity index (χ4n) is 8.66. The van der Waals surface area contributed by atoms with Crippen molar-refractivity contribution in [1.82, 2.24) is 19.1 Å². The fraction of sp³-hybridized carbons (Fsp3) is 0. The lowest BCUT2D eigenvalue weighted by molar-refractivity contribution is 1.01. The summed E-state index contributed by atoms with van der Waals surface area (Å²) < 4.78 is 7.23. The van der Waals surface area contributed by atoms with Crippen LogP contribution in [0.4, 0.5) is 0 Å². The van der Waals surface area contributed by atoms with E-state index in [9.17, 15) is 0 Å². The van der Waals surface area contributed by atoms with E-state index >= 15 is 0 Å². The zero-order valence-electron chi connectivity index (χ0n) is 28.4. The molecule has 0 atom stereocenters. The molecule has 0 aliphatic carbocycles. The van der Waals surface area contributed by atoms with E-state index in [1.54, 1.807) is 0 Å². The van der Waals surface area contributed by atoms with Gasteiger partial charge < -0.3 is 4.57 Å². The highest BCUT2D eigenvalue weighted by Crippen LogP contribution is 2.43. The third-order valence-electron chi connectivity index (χ3n) is 10.9. The maximum absolute atomic E-state index is 5.54. The molecule has 0 amide bonds. The molecule has 4 heterocycles. The van der Waals surface area contributed by atoms with Crippen molar-refractivity contribution in [1.29, 1.82) is 0 Å². The Kier molecular flexibility index (Phi) is 5.90. The van der Waals surface area contributed by atoms with Gasteiger partial charge in [-0.1, -0.05) is 115 Å². The first-order valence-electron chi connectivity index (χ1n) is 17.9. The number of nitrogens with zero attached hydrogens (tertiary/aromatic N) is 4. The highest BCUT2D eigenvalue weighted by molar-refractivity contribution is 7.25. The topological polar surface area (TPSA) is 35.6 Å². The van der Waals surface area contributed by atoms with Crippen LogP contribution in [0.5, 0.6) is 0 Å². The van der Waals surface area contributed by atoms with Crippen molar-refractivity contribution in [2.45, 2.75) is 0 Å². The summed E-state index contributed by atoms with van der Waals surface area (Å²) in [5.74, 6) is 0.662. The summed E-state index contributed by atoms with van der Waals surface area (Å²) >= 11 is 1.83. The highest BCUT2D eigenvalue weighted by Gasteiger charge is 2.21. The van der Waals surface area contributed by atoms with Gasteiger partial charge in [-0.3, -0.25) is 4.57 Å². The zero-order valence-corrected chi connectivity index (χ0v) is 29.2. The van der Waals surface area contributed by atoms with E-state index in [0.717, 1.165) is 38.9 Å². The number of rotatable bonds is 3. The van der Waals surface area contributed by atoms with Crippen LogP contribution in [-0.2, 0) is 0 Å². The lowest BCUT2D eigenvalue weighted by Crippen LogP contribution is -2.03. The Bertz CT molecular complexity index is 3420. The molecule has 246 valence electrons. The van der Waals surface area contributed by atoms with Crippen LogP contribution in [0.15, 0.2) is 170 Å². The summed E-state index contributed by atoms with van der Waals surface area (Å²) in [6.07, 6.45) is 0. The third-order valence-corrected chi connectivity index (χ3v) is 12.1. The minimum absolute atomic E-state index is 0.662. The predicted molar refractivity (Wildman–Crippen MR) is 224 cm³/mol. The van der Waals surface area contributed by atoms with Gasteiger partial charge in [0.15, 0.2) is 0 Å². The second kappa shape index (κ2) is 10.8. The molecule has 8 aromatic carbocycles. The molecule has 4 aromatic heterocycles. The summed E-state index contributed by atoms with van der Waals surface area (Å²) in [5.41, 5.74) is 8.68. The summed E-state index contributed by atoms with van der Waals surface area (Å²) in [6.45, 7) is 0. The number of aromatic nitrogens is 4. The molecule has 12 aromatic rings. The molecule has 0 radical (unpaired) electrons. The standard InChI is InChI=1S/C48H28N4S/c1-6-20-38-33(17-1)47(35-19-12-26-45-46(35)34-18-5-10-25-44(34)53-45)50-48(49-38)52-41-23-9-4-16-32(41)37-27-29-13-11-24-42(36(29)28-43(37)52)51-39-21-7-2-14-30(39)31-15-3-8-22-40(31)51/h1-28H. The molecular weight excluding hydrogens is 665 g/mol. The van der Waals surface area contributed by atoms with Crippen molar-refractivity contribution < 1.29 is 0 Å². The Hall–Kier alpha value is -6.82. The van der Waals surface area contributed by atoms with E-state index in [0.29, 0.717) is 5.95 Å². The molecule has 4 nitrogen and oxygen atoms in total. The van der Waals surface area contributed by atoms with Gasteiger partial charge in [0, 0.05) is 58.1 Å². The molecular formula is C48H28N4S. The molecule has 0 spiro atoms. The maximum Gasteiger partial charge on any atom is 0.235 e. The van der Waals surface area contributed by atoms with Gasteiger partial charge >= 0.3 is 0 Å². The Balaban J connectivity index is 1.19. The molecule has 0 unspecified atom stereocenters. The van der Waals surface area contributed by atoms with Gasteiger partial charge in [0.2, 0.25) is 5.95 Å². The first kappa shape index (κ1) is 28.8. The lowest BCUT2D eigenvalue weighted by Gasteiger charge is -2.14. The normalized spacial score (nSPS) is 12.2. The number of benzene rings is 8. The number of hydrogen-bond acceptors (Lipinski definition) is 3. The van der Waals surface area contributed by atoms with Gasteiger partial charge in [0.05, 0.1) is 39.0 Å². The van der Waals surface area contributed by atoms with Gasteiger partial charge in [-0.2, -0.15) is 0 Å². The van der Waals surface area contributed by atoms with Crippen LogP contribution in [0.1, 0.15) is 0 Å². The van der Waals surface area contributed by atoms with Crippen LogP contribution in [0.2, 0.25) is 0 Å². The Labute approximate surface area is 307 Å². The highest BCUT2D eigenvalue weighted by atomic mass is 32.1. The van der Waals surface area contributed by atoms with E-state index in [1.807, 2.05) is 11.3 Å². The van der Waals surface area contributed by atoms with Gasteiger partial charge in [-0.05, 0) is 60.0 Å². The minimum Gasteiger partial charge on any atom is -0.309 e. The Morgan fingerprint density at radius 2 is 1.00 bits per heavy atom. The Morgan fingerprint density at radius 3 is 1.77 bits per heavy atom. The summed E-state index contributed by atoms with van der Waals surface area (Å²) in [5, 5.41) is 10.8. The molecule has 53 heavy (non-hydrogen) atoms. The van der Waals surface area contributed by atoms with Crippen LogP contribution >= 0.6 is 11.3 Å². The molecule has 0 N–H and O–H groups in total. The van der Waals surface area contributed by atoms with Crippen LogP contribution in [0.3, 0.4) is 0 Å². The summed E-state index contributed by atoms with van der Waals surface area (Å²) in [6, 6.07) is 61.2. The average molecular weight is 693 g/mol. The monoisotopic (exact) mass is 692 g/mol.